The van der Waals surface area contributed by atoms with Crippen LogP contribution in [0, 0.1) is 10.1 Å². The van der Waals surface area contributed by atoms with E-state index >= 15 is 0 Å². The second kappa shape index (κ2) is 6.65. The van der Waals surface area contributed by atoms with Gasteiger partial charge in [-0.25, -0.2) is 0 Å². The van der Waals surface area contributed by atoms with E-state index in [0.29, 0.717) is 0 Å². The van der Waals surface area contributed by atoms with Gasteiger partial charge in [0.15, 0.2) is 0 Å². The lowest BCUT2D eigenvalue weighted by Crippen LogP contribution is -1.90. The lowest BCUT2D eigenvalue weighted by atomic mass is 10.0. The van der Waals surface area contributed by atoms with Gasteiger partial charge in [0.25, 0.3) is 5.69 Å². The van der Waals surface area contributed by atoms with Gasteiger partial charge >= 0.3 is 0 Å². The molecule has 3 aromatic carbocycles. The average molecular weight is 492 g/mol. The number of nitro groups is 1. The fraction of sp³-hybridized carbons (Fsp3) is 0. The second-order valence-electron chi connectivity index (χ2n) is 5.91. The van der Waals surface area contributed by atoms with Crippen LogP contribution in [0.15, 0.2) is 63.5 Å². The van der Waals surface area contributed by atoms with Gasteiger partial charge in [0.2, 0.25) is 0 Å². The maximum absolute atomic E-state index is 11.2. The van der Waals surface area contributed by atoms with Crippen LogP contribution < -0.4 is 0 Å². The molecule has 1 aliphatic carbocycles. The minimum absolute atomic E-state index is 0.0945. The molecule has 0 atom stereocenters. The highest BCUT2D eigenvalue weighted by Gasteiger charge is 2.24. The van der Waals surface area contributed by atoms with Crippen LogP contribution in [0.1, 0.15) is 16.7 Å². The molecule has 0 amide bonds. The van der Waals surface area contributed by atoms with Crippen molar-refractivity contribution in [1.29, 1.82) is 0 Å². The van der Waals surface area contributed by atoms with E-state index in [1.807, 2.05) is 18.2 Å². The zero-order chi connectivity index (χ0) is 18.4. The Morgan fingerprint density at radius 3 is 1.96 bits per heavy atom. The fourth-order valence-electron chi connectivity index (χ4n) is 3.17. The van der Waals surface area contributed by atoms with Crippen LogP contribution in [0.4, 0.5) is 5.69 Å². The fourth-order valence-corrected chi connectivity index (χ4v) is 4.08. The lowest BCUT2D eigenvalue weighted by molar-refractivity contribution is -0.384. The molecule has 0 spiro atoms. The number of halogens is 3. The number of hydrogen-bond donors (Lipinski definition) is 0. The first-order valence-corrected chi connectivity index (χ1v) is 9.66. The molecule has 0 saturated carbocycles. The van der Waals surface area contributed by atoms with Gasteiger partial charge in [0.05, 0.1) is 4.92 Å². The minimum atomic E-state index is -0.464. The summed E-state index contributed by atoms with van der Waals surface area (Å²) >= 11 is 13.0. The van der Waals surface area contributed by atoms with Gasteiger partial charge in [-0.05, 0) is 69.8 Å². The second-order valence-corrected chi connectivity index (χ2v) is 8.14. The molecule has 0 radical (unpaired) electrons. The lowest BCUT2D eigenvalue weighted by Gasteiger charge is -2.05. The van der Waals surface area contributed by atoms with Gasteiger partial charge in [-0.1, -0.05) is 61.7 Å². The minimum Gasteiger partial charge on any atom is -0.258 e. The molecule has 26 heavy (non-hydrogen) atoms. The largest absolute Gasteiger partial charge is 0.288 e. The predicted molar refractivity (Wildman–Crippen MR) is 112 cm³/mol. The predicted octanol–water partition coefficient (Wildman–Crippen LogP) is 7.34. The first-order chi connectivity index (χ1) is 12.4. The Morgan fingerprint density at radius 2 is 1.42 bits per heavy atom. The van der Waals surface area contributed by atoms with Crippen molar-refractivity contribution in [1.82, 2.24) is 0 Å². The van der Waals surface area contributed by atoms with E-state index in [4.69, 9.17) is 11.6 Å². The van der Waals surface area contributed by atoms with Crippen LogP contribution in [-0.4, -0.2) is 4.92 Å². The van der Waals surface area contributed by atoms with Crippen LogP contribution in [0.2, 0.25) is 5.02 Å². The smallest absolute Gasteiger partial charge is 0.258 e. The topological polar surface area (TPSA) is 43.1 Å². The molecule has 0 fully saturated rings. The van der Waals surface area contributed by atoms with Crippen molar-refractivity contribution in [3.05, 3.63) is 95.4 Å². The maximum atomic E-state index is 11.2. The van der Waals surface area contributed by atoms with Gasteiger partial charge in [-0.3, -0.25) is 10.1 Å². The molecule has 0 bridgehead atoms. The van der Waals surface area contributed by atoms with E-state index in [0.717, 1.165) is 42.3 Å². The zero-order valence-electron chi connectivity index (χ0n) is 13.2. The van der Waals surface area contributed by atoms with Crippen molar-refractivity contribution in [3.63, 3.8) is 0 Å². The summed E-state index contributed by atoms with van der Waals surface area (Å²) < 4.78 is 1.97. The Balaban J connectivity index is 1.95. The third-order valence-electron chi connectivity index (χ3n) is 4.31. The molecule has 1 aliphatic rings. The molecule has 0 N–H and O–H groups in total. The number of benzene rings is 3. The maximum Gasteiger partial charge on any atom is 0.288 e. The highest BCUT2D eigenvalue weighted by atomic mass is 79.9. The molecule has 0 unspecified atom stereocenters. The number of nitro benzene ring substituents is 1. The molecule has 4 rings (SSSR count). The summed E-state index contributed by atoms with van der Waals surface area (Å²) in [6, 6.07) is 17.2. The zero-order valence-corrected chi connectivity index (χ0v) is 17.1. The SMILES string of the molecule is O=[N+]([O-])c1cc(C=C2c3cc(Br)ccc3-c3ccc(Br)cc32)ccc1Cl. The van der Waals surface area contributed by atoms with E-state index in [1.54, 1.807) is 12.1 Å². The highest BCUT2D eigenvalue weighted by Crippen LogP contribution is 2.47. The molecular formula is C20H10Br2ClNO2. The number of nitrogens with zero attached hydrogens (tertiary/aromatic N) is 1. The number of rotatable bonds is 2. The standard InChI is InChI=1S/C20H10Br2ClNO2/c21-12-2-4-14-15-5-3-13(22)10-18(15)16(17(14)9-12)7-11-1-6-19(23)20(8-11)24(25)26/h1-10H. The first kappa shape index (κ1) is 17.5. The summed E-state index contributed by atoms with van der Waals surface area (Å²) in [7, 11) is 0. The van der Waals surface area contributed by atoms with E-state index in [2.05, 4.69) is 56.1 Å². The Kier molecular flexibility index (Phi) is 4.47. The molecule has 0 saturated heterocycles. The molecule has 0 heterocycles. The molecule has 0 aromatic heterocycles. The quantitative estimate of drug-likeness (QED) is 0.217. The molecule has 3 aromatic rings. The van der Waals surface area contributed by atoms with Gasteiger partial charge in [-0.2, -0.15) is 0 Å². The summed E-state index contributed by atoms with van der Waals surface area (Å²) in [5.41, 5.74) is 6.12. The van der Waals surface area contributed by atoms with E-state index in [1.165, 1.54) is 6.07 Å². The molecule has 128 valence electrons. The van der Waals surface area contributed by atoms with Crippen molar-refractivity contribution < 1.29 is 4.92 Å². The summed E-state index contributed by atoms with van der Waals surface area (Å²) in [5, 5.41) is 11.3. The van der Waals surface area contributed by atoms with Crippen LogP contribution in [0.3, 0.4) is 0 Å². The normalized spacial score (nSPS) is 11.9. The third-order valence-corrected chi connectivity index (χ3v) is 5.62. The van der Waals surface area contributed by atoms with Gasteiger partial charge < -0.3 is 0 Å². The van der Waals surface area contributed by atoms with Crippen LogP contribution in [0.25, 0.3) is 22.8 Å². The summed E-state index contributed by atoms with van der Waals surface area (Å²) in [6.07, 6.45) is 1.97. The van der Waals surface area contributed by atoms with Crippen molar-refractivity contribution in [3.8, 4) is 11.1 Å². The Hall–Kier alpha value is -1.95. The molecule has 0 aliphatic heterocycles. The van der Waals surface area contributed by atoms with E-state index < -0.39 is 4.92 Å². The Morgan fingerprint density at radius 1 is 0.846 bits per heavy atom. The number of hydrogen-bond acceptors (Lipinski definition) is 2. The van der Waals surface area contributed by atoms with Crippen molar-refractivity contribution in [2.75, 3.05) is 0 Å². The molecular weight excluding hydrogens is 481 g/mol. The Labute approximate surface area is 171 Å². The van der Waals surface area contributed by atoms with Crippen molar-refractivity contribution in [2.45, 2.75) is 0 Å². The van der Waals surface area contributed by atoms with Gasteiger partial charge in [-0.15, -0.1) is 0 Å². The third kappa shape index (κ3) is 3.00. The van der Waals surface area contributed by atoms with Crippen molar-refractivity contribution >= 4 is 60.8 Å². The number of fused-ring (bicyclic) bond motifs is 3. The van der Waals surface area contributed by atoms with E-state index in [-0.39, 0.29) is 10.7 Å². The Bertz CT molecular complexity index is 1060. The molecule has 3 nitrogen and oxygen atoms in total. The average Bonchev–Trinajstić information content (AvgIpc) is 2.89. The summed E-state index contributed by atoms with van der Waals surface area (Å²) in [5.74, 6) is 0. The van der Waals surface area contributed by atoms with Gasteiger partial charge in [0, 0.05) is 15.0 Å². The first-order valence-electron chi connectivity index (χ1n) is 7.70. The highest BCUT2D eigenvalue weighted by molar-refractivity contribution is 9.10. The van der Waals surface area contributed by atoms with Crippen LogP contribution in [-0.2, 0) is 0 Å². The monoisotopic (exact) mass is 489 g/mol. The van der Waals surface area contributed by atoms with Gasteiger partial charge in [0.1, 0.15) is 5.02 Å². The van der Waals surface area contributed by atoms with Crippen LogP contribution >= 0.6 is 43.5 Å². The van der Waals surface area contributed by atoms with E-state index in [9.17, 15) is 10.1 Å². The summed E-state index contributed by atoms with van der Waals surface area (Å²) in [4.78, 5) is 10.7. The van der Waals surface area contributed by atoms with Crippen LogP contribution in [0.5, 0.6) is 0 Å². The van der Waals surface area contributed by atoms with Crippen molar-refractivity contribution in [2.24, 2.45) is 0 Å². The molecule has 6 heteroatoms. The summed E-state index contributed by atoms with van der Waals surface area (Å²) in [6.45, 7) is 0.